The zero-order valence-electron chi connectivity index (χ0n) is 14.6. The Balaban J connectivity index is 1.78. The van der Waals surface area contributed by atoms with Gasteiger partial charge >= 0.3 is 0 Å². The van der Waals surface area contributed by atoms with Crippen LogP contribution in [0.3, 0.4) is 0 Å². The predicted octanol–water partition coefficient (Wildman–Crippen LogP) is 3.03. The summed E-state index contributed by atoms with van der Waals surface area (Å²) in [6.07, 6.45) is 1.76. The van der Waals surface area contributed by atoms with Crippen molar-refractivity contribution in [3.8, 4) is 11.5 Å². The van der Waals surface area contributed by atoms with Crippen LogP contribution in [-0.2, 0) is 11.2 Å². The molecular weight excluding hydrogens is 318 g/mol. The second-order valence-electron chi connectivity index (χ2n) is 5.65. The third kappa shape index (κ3) is 5.95. The van der Waals surface area contributed by atoms with Gasteiger partial charge in [-0.15, -0.1) is 0 Å². The molecular formula is C20H23NO4. The van der Waals surface area contributed by atoms with Crippen molar-refractivity contribution in [1.29, 1.82) is 0 Å². The number of aryl methyl sites for hydroxylation is 1. The van der Waals surface area contributed by atoms with Crippen LogP contribution in [0.4, 0.5) is 0 Å². The van der Waals surface area contributed by atoms with Gasteiger partial charge in [-0.1, -0.05) is 30.3 Å². The van der Waals surface area contributed by atoms with E-state index in [1.807, 2.05) is 18.2 Å². The van der Waals surface area contributed by atoms with Gasteiger partial charge in [-0.25, -0.2) is 0 Å². The van der Waals surface area contributed by atoms with Crippen molar-refractivity contribution < 1.29 is 19.1 Å². The van der Waals surface area contributed by atoms with E-state index in [4.69, 9.17) is 9.47 Å². The van der Waals surface area contributed by atoms with Crippen molar-refractivity contribution in [3.63, 3.8) is 0 Å². The summed E-state index contributed by atoms with van der Waals surface area (Å²) in [5.41, 5.74) is 1.67. The van der Waals surface area contributed by atoms with Crippen LogP contribution < -0.4 is 14.8 Å². The Labute approximate surface area is 148 Å². The van der Waals surface area contributed by atoms with Crippen LogP contribution in [0, 0.1) is 0 Å². The summed E-state index contributed by atoms with van der Waals surface area (Å²) in [4.78, 5) is 23.5. The molecule has 0 bridgehead atoms. The first-order valence-corrected chi connectivity index (χ1v) is 8.22. The molecule has 132 valence electrons. The van der Waals surface area contributed by atoms with Crippen molar-refractivity contribution >= 4 is 11.7 Å². The number of benzene rings is 2. The van der Waals surface area contributed by atoms with Gasteiger partial charge in [-0.05, 0) is 37.5 Å². The SMILES string of the molecule is COc1ccc(C(C)=O)c(OCC(=O)NCCCc2ccccc2)c1. The second kappa shape index (κ2) is 9.47. The van der Waals surface area contributed by atoms with Gasteiger partial charge in [0.05, 0.1) is 12.7 Å². The molecule has 0 fully saturated rings. The maximum Gasteiger partial charge on any atom is 0.257 e. The number of carbonyl (C=O) groups excluding carboxylic acids is 2. The molecule has 25 heavy (non-hydrogen) atoms. The highest BCUT2D eigenvalue weighted by Gasteiger charge is 2.11. The number of ether oxygens (including phenoxy) is 2. The van der Waals surface area contributed by atoms with E-state index in [1.54, 1.807) is 18.2 Å². The van der Waals surface area contributed by atoms with Crippen molar-refractivity contribution in [1.82, 2.24) is 5.32 Å². The van der Waals surface area contributed by atoms with Gasteiger partial charge in [-0.2, -0.15) is 0 Å². The third-order valence-corrected chi connectivity index (χ3v) is 3.73. The first kappa shape index (κ1) is 18.5. The largest absolute Gasteiger partial charge is 0.497 e. The molecule has 0 aromatic heterocycles. The lowest BCUT2D eigenvalue weighted by Gasteiger charge is -2.11. The molecule has 1 amide bonds. The van der Waals surface area contributed by atoms with E-state index in [-0.39, 0.29) is 18.3 Å². The number of methoxy groups -OCH3 is 1. The number of carbonyl (C=O) groups is 2. The highest BCUT2D eigenvalue weighted by atomic mass is 16.5. The van der Waals surface area contributed by atoms with Gasteiger partial charge in [0.15, 0.2) is 12.4 Å². The van der Waals surface area contributed by atoms with Crippen molar-refractivity contribution in [2.45, 2.75) is 19.8 Å². The number of hydrogen-bond donors (Lipinski definition) is 1. The number of rotatable bonds is 9. The zero-order valence-corrected chi connectivity index (χ0v) is 14.6. The van der Waals surface area contributed by atoms with E-state index in [2.05, 4.69) is 17.4 Å². The minimum atomic E-state index is -0.217. The molecule has 0 heterocycles. The summed E-state index contributed by atoms with van der Waals surface area (Å²) < 4.78 is 10.6. The summed E-state index contributed by atoms with van der Waals surface area (Å²) in [5, 5.41) is 2.82. The first-order valence-electron chi connectivity index (χ1n) is 8.22. The van der Waals surface area contributed by atoms with Gasteiger partial charge in [0.25, 0.3) is 5.91 Å². The molecule has 0 atom stereocenters. The quantitative estimate of drug-likeness (QED) is 0.562. The van der Waals surface area contributed by atoms with E-state index in [0.717, 1.165) is 12.8 Å². The van der Waals surface area contributed by atoms with Gasteiger partial charge in [-0.3, -0.25) is 9.59 Å². The fourth-order valence-corrected chi connectivity index (χ4v) is 2.40. The van der Waals surface area contributed by atoms with Crippen LogP contribution in [0.5, 0.6) is 11.5 Å². The minimum absolute atomic E-state index is 0.124. The summed E-state index contributed by atoms with van der Waals surface area (Å²) >= 11 is 0. The molecule has 2 aromatic carbocycles. The van der Waals surface area contributed by atoms with Gasteiger partial charge in [0.1, 0.15) is 11.5 Å². The molecule has 0 aliphatic carbocycles. The van der Waals surface area contributed by atoms with E-state index in [1.165, 1.54) is 19.6 Å². The van der Waals surface area contributed by atoms with Crippen LogP contribution in [0.2, 0.25) is 0 Å². The van der Waals surface area contributed by atoms with E-state index in [9.17, 15) is 9.59 Å². The molecule has 2 aromatic rings. The summed E-state index contributed by atoms with van der Waals surface area (Å²) in [7, 11) is 1.53. The van der Waals surface area contributed by atoms with Crippen LogP contribution >= 0.6 is 0 Å². The summed E-state index contributed by atoms with van der Waals surface area (Å²) in [6.45, 7) is 1.89. The topological polar surface area (TPSA) is 64.6 Å². The van der Waals surface area contributed by atoms with Crippen molar-refractivity contribution in [2.24, 2.45) is 0 Å². The lowest BCUT2D eigenvalue weighted by Crippen LogP contribution is -2.30. The molecule has 0 spiro atoms. The standard InChI is InChI=1S/C20H23NO4/c1-15(22)18-11-10-17(24-2)13-19(18)25-14-20(23)21-12-6-9-16-7-4-3-5-8-16/h3-5,7-8,10-11,13H,6,9,12,14H2,1-2H3,(H,21,23). The summed E-state index contributed by atoms with van der Waals surface area (Å²) in [5.74, 6) is 0.584. The predicted molar refractivity (Wildman–Crippen MR) is 96.3 cm³/mol. The van der Waals surface area contributed by atoms with Crippen LogP contribution in [0.1, 0.15) is 29.3 Å². The Bertz CT molecular complexity index is 713. The fraction of sp³-hybridized carbons (Fsp3) is 0.300. The maximum atomic E-state index is 11.9. The molecule has 5 heteroatoms. The molecule has 1 N–H and O–H groups in total. The molecule has 5 nitrogen and oxygen atoms in total. The molecule has 0 aliphatic rings. The number of ketones is 1. The average Bonchev–Trinajstić information content (AvgIpc) is 2.64. The number of amides is 1. The van der Waals surface area contributed by atoms with Crippen LogP contribution in [-0.4, -0.2) is 32.0 Å². The molecule has 0 aliphatic heterocycles. The van der Waals surface area contributed by atoms with E-state index < -0.39 is 0 Å². The Morgan fingerprint density at radius 1 is 1.08 bits per heavy atom. The highest BCUT2D eigenvalue weighted by molar-refractivity contribution is 5.97. The van der Waals surface area contributed by atoms with Gasteiger partial charge < -0.3 is 14.8 Å². The molecule has 0 saturated carbocycles. The van der Waals surface area contributed by atoms with Crippen molar-refractivity contribution in [2.75, 3.05) is 20.3 Å². The molecule has 0 unspecified atom stereocenters. The average molecular weight is 341 g/mol. The Kier molecular flexibility index (Phi) is 7.01. The van der Waals surface area contributed by atoms with Crippen LogP contribution in [0.15, 0.2) is 48.5 Å². The molecule has 2 rings (SSSR count). The minimum Gasteiger partial charge on any atom is -0.497 e. The van der Waals surface area contributed by atoms with E-state index in [0.29, 0.717) is 23.6 Å². The third-order valence-electron chi connectivity index (χ3n) is 3.73. The van der Waals surface area contributed by atoms with E-state index >= 15 is 0 Å². The molecule has 0 radical (unpaired) electrons. The summed E-state index contributed by atoms with van der Waals surface area (Å²) in [6, 6.07) is 15.1. The van der Waals surface area contributed by atoms with Gasteiger partial charge in [0.2, 0.25) is 0 Å². The second-order valence-corrected chi connectivity index (χ2v) is 5.65. The van der Waals surface area contributed by atoms with Gasteiger partial charge in [0, 0.05) is 12.6 Å². The lowest BCUT2D eigenvalue weighted by atomic mass is 10.1. The first-order chi connectivity index (χ1) is 12.1. The fourth-order valence-electron chi connectivity index (χ4n) is 2.40. The Morgan fingerprint density at radius 3 is 2.52 bits per heavy atom. The van der Waals surface area contributed by atoms with Crippen LogP contribution in [0.25, 0.3) is 0 Å². The molecule has 0 saturated heterocycles. The Morgan fingerprint density at radius 2 is 1.84 bits per heavy atom. The monoisotopic (exact) mass is 341 g/mol. The zero-order chi connectivity index (χ0) is 18.1. The number of hydrogen-bond acceptors (Lipinski definition) is 4. The number of Topliss-reactive ketones (excluding diaryl/α,β-unsaturated/α-hetero) is 1. The number of nitrogens with one attached hydrogen (secondary N) is 1. The highest BCUT2D eigenvalue weighted by Crippen LogP contribution is 2.25. The van der Waals surface area contributed by atoms with Crippen molar-refractivity contribution in [3.05, 3.63) is 59.7 Å². The smallest absolute Gasteiger partial charge is 0.257 e. The maximum absolute atomic E-state index is 11.9. The Hall–Kier alpha value is -2.82. The normalized spacial score (nSPS) is 10.2. The lowest BCUT2D eigenvalue weighted by molar-refractivity contribution is -0.123.